The van der Waals surface area contributed by atoms with Crippen LogP contribution in [0, 0.1) is 0 Å². The van der Waals surface area contributed by atoms with E-state index in [0.29, 0.717) is 0 Å². The van der Waals surface area contributed by atoms with Crippen LogP contribution in [0.15, 0.2) is 24.3 Å². The van der Waals surface area contributed by atoms with Crippen LogP contribution < -0.4 is 10.6 Å². The number of hydrogen-bond donors (Lipinski definition) is 2. The van der Waals surface area contributed by atoms with Crippen molar-refractivity contribution in [2.75, 3.05) is 26.2 Å². The minimum Gasteiger partial charge on any atom is -0.335 e. The van der Waals surface area contributed by atoms with Gasteiger partial charge in [0.1, 0.15) is 5.01 Å². The summed E-state index contributed by atoms with van der Waals surface area (Å²) in [6, 6.07) is 7.77. The summed E-state index contributed by atoms with van der Waals surface area (Å²) in [4.78, 5) is 34.0. The Bertz CT molecular complexity index is 838. The molecular weight excluding hydrogens is 398 g/mol. The smallest absolute Gasteiger partial charge is 0.321 e. The van der Waals surface area contributed by atoms with Crippen molar-refractivity contribution in [1.82, 2.24) is 25.4 Å². The SMILES string of the molecule is C[C@@H](C(=O)NC(=O)NC1CCCCC1)N1CCN(Cc2nc3ccccc3s2)CC1. The lowest BCUT2D eigenvalue weighted by Crippen LogP contribution is -2.55. The molecule has 1 saturated heterocycles. The second-order valence-corrected chi connectivity index (χ2v) is 9.48. The van der Waals surface area contributed by atoms with Crippen molar-refractivity contribution < 1.29 is 9.59 Å². The first-order chi connectivity index (χ1) is 14.6. The minimum atomic E-state index is -0.353. The monoisotopic (exact) mass is 429 g/mol. The number of hydrogen-bond acceptors (Lipinski definition) is 6. The third-order valence-electron chi connectivity index (χ3n) is 6.21. The molecule has 30 heavy (non-hydrogen) atoms. The molecule has 1 aromatic heterocycles. The van der Waals surface area contributed by atoms with Crippen molar-refractivity contribution in [3.8, 4) is 0 Å². The second kappa shape index (κ2) is 9.85. The van der Waals surface area contributed by atoms with Gasteiger partial charge in [0.25, 0.3) is 0 Å². The minimum absolute atomic E-state index is 0.202. The van der Waals surface area contributed by atoms with E-state index in [1.165, 1.54) is 11.1 Å². The average Bonchev–Trinajstić information content (AvgIpc) is 3.16. The van der Waals surface area contributed by atoms with E-state index in [1.807, 2.05) is 19.1 Å². The molecule has 1 aliphatic heterocycles. The Morgan fingerprint density at radius 3 is 2.60 bits per heavy atom. The normalized spacial score (nSPS) is 20.2. The number of urea groups is 1. The van der Waals surface area contributed by atoms with E-state index in [2.05, 4.69) is 32.6 Å². The van der Waals surface area contributed by atoms with Gasteiger partial charge < -0.3 is 5.32 Å². The number of nitrogens with one attached hydrogen (secondary N) is 2. The third kappa shape index (κ3) is 5.36. The molecule has 0 unspecified atom stereocenters. The van der Waals surface area contributed by atoms with Crippen molar-refractivity contribution >= 4 is 33.5 Å². The molecule has 3 amide bonds. The number of fused-ring (bicyclic) bond motifs is 1. The number of carbonyl (C=O) groups excluding carboxylic acids is 2. The van der Waals surface area contributed by atoms with Crippen LogP contribution in [0.5, 0.6) is 0 Å². The first-order valence-corrected chi connectivity index (χ1v) is 11.8. The number of imide groups is 1. The summed E-state index contributed by atoms with van der Waals surface area (Å²) in [5.74, 6) is -0.220. The van der Waals surface area contributed by atoms with Gasteiger partial charge >= 0.3 is 6.03 Å². The van der Waals surface area contributed by atoms with Crippen molar-refractivity contribution in [2.45, 2.75) is 57.7 Å². The van der Waals surface area contributed by atoms with Gasteiger partial charge in [-0.1, -0.05) is 31.4 Å². The van der Waals surface area contributed by atoms with E-state index in [0.717, 1.165) is 68.9 Å². The molecule has 2 fully saturated rings. The summed E-state index contributed by atoms with van der Waals surface area (Å²) < 4.78 is 1.22. The van der Waals surface area contributed by atoms with Gasteiger partial charge in [-0.25, -0.2) is 9.78 Å². The standard InChI is InChI=1S/C22H31N5O2S/c1-16(21(28)25-22(29)23-17-7-3-2-4-8-17)27-13-11-26(12-14-27)15-20-24-18-9-5-6-10-19(18)30-20/h5-6,9-10,16-17H,2-4,7-8,11-15H2,1H3,(H2,23,25,28,29)/t16-/m0/s1. The highest BCUT2D eigenvalue weighted by atomic mass is 32.1. The Labute approximate surface area is 181 Å². The fourth-order valence-corrected chi connectivity index (χ4v) is 5.35. The fourth-order valence-electron chi connectivity index (χ4n) is 4.34. The number of nitrogens with zero attached hydrogens (tertiary/aromatic N) is 3. The lowest BCUT2D eigenvalue weighted by atomic mass is 9.96. The highest BCUT2D eigenvalue weighted by Crippen LogP contribution is 2.23. The van der Waals surface area contributed by atoms with Gasteiger partial charge in [-0.3, -0.25) is 19.9 Å². The van der Waals surface area contributed by atoms with E-state index in [1.54, 1.807) is 11.3 Å². The number of amides is 3. The molecule has 1 saturated carbocycles. The topological polar surface area (TPSA) is 77.6 Å². The second-order valence-electron chi connectivity index (χ2n) is 8.36. The molecule has 162 valence electrons. The Kier molecular flexibility index (Phi) is 6.97. The van der Waals surface area contributed by atoms with E-state index >= 15 is 0 Å². The molecule has 1 aromatic carbocycles. The number of piperazine rings is 1. The highest BCUT2D eigenvalue weighted by Gasteiger charge is 2.27. The zero-order valence-corrected chi connectivity index (χ0v) is 18.4. The van der Waals surface area contributed by atoms with E-state index in [4.69, 9.17) is 4.98 Å². The van der Waals surface area contributed by atoms with E-state index < -0.39 is 0 Å². The predicted octanol–water partition coefficient (Wildman–Crippen LogP) is 2.96. The summed E-state index contributed by atoms with van der Waals surface area (Å²) in [7, 11) is 0. The Balaban J connectivity index is 1.21. The van der Waals surface area contributed by atoms with Gasteiger partial charge in [0.15, 0.2) is 0 Å². The fraction of sp³-hybridized carbons (Fsp3) is 0.591. The predicted molar refractivity (Wildman–Crippen MR) is 119 cm³/mol. The molecule has 2 N–H and O–H groups in total. The van der Waals surface area contributed by atoms with Gasteiger partial charge in [-0.15, -0.1) is 11.3 Å². The van der Waals surface area contributed by atoms with Crippen molar-refractivity contribution in [3.05, 3.63) is 29.3 Å². The molecule has 0 bridgehead atoms. The van der Waals surface area contributed by atoms with Crippen LogP contribution >= 0.6 is 11.3 Å². The number of para-hydroxylation sites is 1. The summed E-state index contributed by atoms with van der Waals surface area (Å²) in [5, 5.41) is 6.62. The Morgan fingerprint density at radius 2 is 1.87 bits per heavy atom. The van der Waals surface area contributed by atoms with Crippen LogP contribution in [0.1, 0.15) is 44.0 Å². The van der Waals surface area contributed by atoms with Crippen LogP contribution in [-0.4, -0.2) is 65.0 Å². The van der Waals surface area contributed by atoms with Gasteiger partial charge in [0.2, 0.25) is 5.91 Å². The maximum atomic E-state index is 12.5. The molecule has 8 heteroatoms. The lowest BCUT2D eigenvalue weighted by Gasteiger charge is -2.37. The Morgan fingerprint density at radius 1 is 1.13 bits per heavy atom. The van der Waals surface area contributed by atoms with Gasteiger partial charge in [-0.2, -0.15) is 0 Å². The molecule has 7 nitrogen and oxygen atoms in total. The van der Waals surface area contributed by atoms with Crippen LogP contribution in [0.25, 0.3) is 10.2 Å². The summed E-state index contributed by atoms with van der Waals surface area (Å²) in [6.45, 7) is 6.13. The molecule has 0 radical (unpaired) electrons. The van der Waals surface area contributed by atoms with Crippen molar-refractivity contribution in [3.63, 3.8) is 0 Å². The van der Waals surface area contributed by atoms with Crippen LogP contribution in [0.3, 0.4) is 0 Å². The van der Waals surface area contributed by atoms with Crippen molar-refractivity contribution in [2.24, 2.45) is 0 Å². The van der Waals surface area contributed by atoms with E-state index in [9.17, 15) is 9.59 Å². The Hall–Kier alpha value is -2.03. The first kappa shape index (κ1) is 21.2. The van der Waals surface area contributed by atoms with Crippen LogP contribution in [-0.2, 0) is 11.3 Å². The number of thiazole rings is 1. The van der Waals surface area contributed by atoms with Crippen LogP contribution in [0.4, 0.5) is 4.79 Å². The maximum absolute atomic E-state index is 12.5. The van der Waals surface area contributed by atoms with Crippen LogP contribution in [0.2, 0.25) is 0 Å². The highest BCUT2D eigenvalue weighted by molar-refractivity contribution is 7.18. The molecule has 4 rings (SSSR count). The number of carbonyl (C=O) groups is 2. The van der Waals surface area contributed by atoms with E-state index in [-0.39, 0.29) is 24.0 Å². The third-order valence-corrected chi connectivity index (χ3v) is 7.23. The average molecular weight is 430 g/mol. The molecule has 1 aliphatic carbocycles. The summed E-state index contributed by atoms with van der Waals surface area (Å²) in [6.07, 6.45) is 5.55. The van der Waals surface area contributed by atoms with Crippen molar-refractivity contribution in [1.29, 1.82) is 0 Å². The zero-order valence-electron chi connectivity index (χ0n) is 17.6. The maximum Gasteiger partial charge on any atom is 0.321 e. The molecule has 0 spiro atoms. The van der Waals surface area contributed by atoms with Gasteiger partial charge in [-0.05, 0) is 31.9 Å². The summed E-state index contributed by atoms with van der Waals surface area (Å²) >= 11 is 1.75. The largest absolute Gasteiger partial charge is 0.335 e. The quantitative estimate of drug-likeness (QED) is 0.764. The lowest BCUT2D eigenvalue weighted by molar-refractivity contribution is -0.125. The number of aromatic nitrogens is 1. The molecule has 2 aliphatic rings. The molecule has 2 heterocycles. The molecule has 1 atom stereocenters. The molecule has 2 aromatic rings. The zero-order chi connectivity index (χ0) is 20.9. The number of rotatable bonds is 5. The molecular formula is C22H31N5O2S. The van der Waals surface area contributed by atoms with Gasteiger partial charge in [0, 0.05) is 32.2 Å². The van der Waals surface area contributed by atoms with Gasteiger partial charge in [0.05, 0.1) is 22.8 Å². The number of benzene rings is 1. The first-order valence-electron chi connectivity index (χ1n) is 11.0. The summed E-state index contributed by atoms with van der Waals surface area (Å²) in [5.41, 5.74) is 1.06.